The zero-order valence-corrected chi connectivity index (χ0v) is 18.2. The molecule has 1 aromatic heterocycles. The summed E-state index contributed by atoms with van der Waals surface area (Å²) >= 11 is 2.79. The Bertz CT molecular complexity index is 973. The van der Waals surface area contributed by atoms with Crippen LogP contribution in [0.5, 0.6) is 0 Å². The summed E-state index contributed by atoms with van der Waals surface area (Å²) in [6.45, 7) is 4.35. The lowest BCUT2D eigenvalue weighted by Crippen LogP contribution is -2.27. The van der Waals surface area contributed by atoms with Crippen LogP contribution in [0.1, 0.15) is 29.9 Å². The number of thioether (sulfide) groups is 2. The number of fused-ring (bicyclic) bond motifs is 1. The summed E-state index contributed by atoms with van der Waals surface area (Å²) in [5.41, 5.74) is 1.95. The highest BCUT2D eigenvalue weighted by Crippen LogP contribution is 2.34. The topological polar surface area (TPSA) is 90.3 Å². The van der Waals surface area contributed by atoms with Crippen molar-refractivity contribution in [2.45, 2.75) is 42.1 Å². The van der Waals surface area contributed by atoms with Crippen LogP contribution in [0.4, 0.5) is 5.69 Å². The van der Waals surface area contributed by atoms with E-state index in [1.807, 2.05) is 0 Å². The number of ketones is 1. The van der Waals surface area contributed by atoms with Crippen LogP contribution < -0.4 is 10.9 Å². The molecule has 154 valence electrons. The van der Waals surface area contributed by atoms with Gasteiger partial charge in [-0.15, -0.1) is 11.8 Å². The van der Waals surface area contributed by atoms with E-state index in [0.29, 0.717) is 39.7 Å². The molecule has 1 aliphatic rings. The number of rotatable bonds is 8. The van der Waals surface area contributed by atoms with Gasteiger partial charge in [-0.25, -0.2) is 4.98 Å². The first-order chi connectivity index (χ1) is 13.9. The summed E-state index contributed by atoms with van der Waals surface area (Å²) in [6.07, 6.45) is 0.753. The van der Waals surface area contributed by atoms with E-state index in [4.69, 9.17) is 4.74 Å². The monoisotopic (exact) mass is 433 g/mol. The Morgan fingerprint density at radius 2 is 2.07 bits per heavy atom. The maximum atomic E-state index is 12.9. The Balaban J connectivity index is 1.71. The summed E-state index contributed by atoms with van der Waals surface area (Å²) in [6, 6.07) is 6.74. The molecule has 29 heavy (non-hydrogen) atoms. The zero-order chi connectivity index (χ0) is 21.0. The molecule has 0 aliphatic carbocycles. The van der Waals surface area contributed by atoms with E-state index in [9.17, 15) is 14.4 Å². The third-order valence-corrected chi connectivity index (χ3v) is 6.58. The lowest BCUT2D eigenvalue weighted by Gasteiger charge is -2.13. The van der Waals surface area contributed by atoms with Crippen LogP contribution in [-0.2, 0) is 22.5 Å². The number of Topliss-reactive ketones (excluding diaryl/α,β-unsaturated/α-hetero) is 1. The minimum absolute atomic E-state index is 0.0253. The maximum absolute atomic E-state index is 12.9. The molecule has 0 saturated carbocycles. The average molecular weight is 434 g/mol. The molecule has 0 bridgehead atoms. The first-order valence-electron chi connectivity index (χ1n) is 9.22. The first-order valence-corrected chi connectivity index (χ1v) is 11.1. The molecular formula is C20H23N3O4S2. The van der Waals surface area contributed by atoms with Crippen LogP contribution in [0, 0.1) is 0 Å². The average Bonchev–Trinajstić information content (AvgIpc) is 3.07. The van der Waals surface area contributed by atoms with Crippen LogP contribution in [-0.4, -0.2) is 46.0 Å². The van der Waals surface area contributed by atoms with E-state index >= 15 is 0 Å². The Hall–Kier alpha value is -2.10. The second-order valence-electron chi connectivity index (χ2n) is 6.72. The van der Waals surface area contributed by atoms with Gasteiger partial charge in [0.2, 0.25) is 5.91 Å². The summed E-state index contributed by atoms with van der Waals surface area (Å²) in [7, 11) is 1.58. The fourth-order valence-electron chi connectivity index (χ4n) is 2.94. The summed E-state index contributed by atoms with van der Waals surface area (Å²) in [5.74, 6) is -0.112. The minimum atomic E-state index is -0.207. The van der Waals surface area contributed by atoms with Gasteiger partial charge in [-0.2, -0.15) is 0 Å². The molecular weight excluding hydrogens is 410 g/mol. The van der Waals surface area contributed by atoms with Crippen molar-refractivity contribution in [2.24, 2.45) is 0 Å². The maximum Gasteiger partial charge on any atom is 0.268 e. The van der Waals surface area contributed by atoms with Crippen LogP contribution in [0.3, 0.4) is 0 Å². The van der Waals surface area contributed by atoms with Gasteiger partial charge in [-0.05, 0) is 31.2 Å². The molecule has 1 N–H and O–H groups in total. The van der Waals surface area contributed by atoms with Crippen molar-refractivity contribution in [3.8, 4) is 0 Å². The Morgan fingerprint density at radius 1 is 1.34 bits per heavy atom. The predicted molar refractivity (Wildman–Crippen MR) is 115 cm³/mol. The third kappa shape index (κ3) is 5.29. The lowest BCUT2D eigenvalue weighted by atomic mass is 10.1. The van der Waals surface area contributed by atoms with Crippen LogP contribution in [0.15, 0.2) is 39.1 Å². The van der Waals surface area contributed by atoms with E-state index in [-0.39, 0.29) is 23.0 Å². The molecule has 9 heteroatoms. The molecule has 0 radical (unpaired) electrons. The standard InChI is InChI=1S/C20H23N3O4S2/c1-12-10-16-18(29-12)19(26)23(8-9-27-3)20(22-16)28-11-17(25)21-15-6-4-14(5-7-15)13(2)24/h4-7,12H,8-11H2,1-3H3,(H,21,25). The number of carbonyl (C=O) groups is 2. The minimum Gasteiger partial charge on any atom is -0.383 e. The van der Waals surface area contributed by atoms with Crippen molar-refractivity contribution in [2.75, 3.05) is 24.8 Å². The number of amides is 1. The van der Waals surface area contributed by atoms with Gasteiger partial charge in [0.15, 0.2) is 10.9 Å². The van der Waals surface area contributed by atoms with Gasteiger partial charge in [0.05, 0.1) is 29.5 Å². The lowest BCUT2D eigenvalue weighted by molar-refractivity contribution is -0.113. The Morgan fingerprint density at radius 3 is 2.72 bits per heavy atom. The molecule has 1 aromatic carbocycles. The van der Waals surface area contributed by atoms with E-state index in [2.05, 4.69) is 17.2 Å². The second-order valence-corrected chi connectivity index (χ2v) is 9.11. The predicted octanol–water partition coefficient (Wildman–Crippen LogP) is 2.86. The van der Waals surface area contributed by atoms with Crippen molar-refractivity contribution in [1.82, 2.24) is 9.55 Å². The van der Waals surface area contributed by atoms with Gasteiger partial charge in [0.25, 0.3) is 5.56 Å². The van der Waals surface area contributed by atoms with Crippen molar-refractivity contribution in [1.29, 1.82) is 0 Å². The number of hydrogen-bond donors (Lipinski definition) is 1. The van der Waals surface area contributed by atoms with E-state index < -0.39 is 0 Å². The molecule has 1 atom stereocenters. The summed E-state index contributed by atoms with van der Waals surface area (Å²) < 4.78 is 6.71. The number of nitrogens with one attached hydrogen (secondary N) is 1. The number of methoxy groups -OCH3 is 1. The van der Waals surface area contributed by atoms with Crippen LogP contribution in [0.2, 0.25) is 0 Å². The fourth-order valence-corrected chi connectivity index (χ4v) is 4.89. The molecule has 0 fully saturated rings. The molecule has 1 aliphatic heterocycles. The van der Waals surface area contributed by atoms with Crippen LogP contribution in [0.25, 0.3) is 0 Å². The number of anilines is 1. The van der Waals surface area contributed by atoms with E-state index in [1.165, 1.54) is 18.7 Å². The summed E-state index contributed by atoms with van der Waals surface area (Å²) in [5, 5.41) is 3.65. The smallest absolute Gasteiger partial charge is 0.268 e. The molecule has 1 amide bonds. The van der Waals surface area contributed by atoms with Crippen LogP contribution >= 0.6 is 23.5 Å². The number of nitrogens with zero attached hydrogens (tertiary/aromatic N) is 2. The third-order valence-electron chi connectivity index (χ3n) is 4.39. The van der Waals surface area contributed by atoms with Crippen molar-refractivity contribution in [3.05, 3.63) is 45.9 Å². The van der Waals surface area contributed by atoms with Crippen molar-refractivity contribution < 1.29 is 14.3 Å². The molecule has 2 heterocycles. The van der Waals surface area contributed by atoms with Gasteiger partial charge >= 0.3 is 0 Å². The molecule has 2 aromatic rings. The highest BCUT2D eigenvalue weighted by Gasteiger charge is 2.26. The number of aromatic nitrogens is 2. The van der Waals surface area contributed by atoms with Crippen molar-refractivity contribution >= 4 is 40.9 Å². The molecule has 0 saturated heterocycles. The van der Waals surface area contributed by atoms with Gasteiger partial charge in [0, 0.05) is 30.0 Å². The summed E-state index contributed by atoms with van der Waals surface area (Å²) in [4.78, 5) is 41.9. The zero-order valence-electron chi connectivity index (χ0n) is 16.6. The Labute approximate surface area is 177 Å². The molecule has 7 nitrogen and oxygen atoms in total. The Kier molecular flexibility index (Phi) is 7.15. The van der Waals surface area contributed by atoms with Gasteiger partial charge in [-0.1, -0.05) is 18.7 Å². The quantitative estimate of drug-likeness (QED) is 0.389. The number of hydrogen-bond acceptors (Lipinski definition) is 7. The number of ether oxygens (including phenoxy) is 1. The highest BCUT2D eigenvalue weighted by molar-refractivity contribution is 8.00. The van der Waals surface area contributed by atoms with Gasteiger partial charge in [-0.3, -0.25) is 19.0 Å². The fraction of sp³-hybridized carbons (Fsp3) is 0.400. The first kappa shape index (κ1) is 21.6. The van der Waals surface area contributed by atoms with Gasteiger partial charge < -0.3 is 10.1 Å². The van der Waals surface area contributed by atoms with E-state index in [0.717, 1.165) is 12.1 Å². The highest BCUT2D eigenvalue weighted by atomic mass is 32.2. The van der Waals surface area contributed by atoms with Gasteiger partial charge in [0.1, 0.15) is 0 Å². The molecule has 1 unspecified atom stereocenters. The number of carbonyl (C=O) groups excluding carboxylic acids is 2. The second kappa shape index (κ2) is 9.60. The normalized spacial score (nSPS) is 15.2. The van der Waals surface area contributed by atoms with E-state index in [1.54, 1.807) is 47.7 Å². The SMILES string of the molecule is COCCn1c(SCC(=O)Nc2ccc(C(C)=O)cc2)nc2c(c1=O)SC(C)C2. The molecule has 3 rings (SSSR count). The largest absolute Gasteiger partial charge is 0.383 e. The number of benzene rings is 1. The van der Waals surface area contributed by atoms with Crippen molar-refractivity contribution in [3.63, 3.8) is 0 Å². The molecule has 0 spiro atoms.